The van der Waals surface area contributed by atoms with Crippen LogP contribution in [0.15, 0.2) is 12.1 Å². The summed E-state index contributed by atoms with van der Waals surface area (Å²) in [6.07, 6.45) is 2.04. The monoisotopic (exact) mass is 194 g/mol. The van der Waals surface area contributed by atoms with E-state index in [4.69, 9.17) is 5.11 Å². The van der Waals surface area contributed by atoms with Crippen molar-refractivity contribution in [2.24, 2.45) is 0 Å². The average Bonchev–Trinajstić information content (AvgIpc) is 2.18. The van der Waals surface area contributed by atoms with Crippen LogP contribution in [0.3, 0.4) is 0 Å². The van der Waals surface area contributed by atoms with Crippen molar-refractivity contribution >= 4 is 5.78 Å². The summed E-state index contributed by atoms with van der Waals surface area (Å²) in [4.78, 5) is 11.5. The van der Waals surface area contributed by atoms with Crippen molar-refractivity contribution in [2.75, 3.05) is 0 Å². The normalized spacial score (nSPS) is 15.4. The van der Waals surface area contributed by atoms with Crippen LogP contribution in [0, 0.1) is 5.82 Å². The molecule has 0 aliphatic heterocycles. The summed E-state index contributed by atoms with van der Waals surface area (Å²) in [5, 5.41) is 9.03. The zero-order chi connectivity index (χ0) is 10.1. The second kappa shape index (κ2) is 3.50. The Labute approximate surface area is 81.4 Å². The number of hydrogen-bond acceptors (Lipinski definition) is 2. The number of carbonyl (C=O) groups excluding carboxylic acids is 1. The maximum atomic E-state index is 13.1. The smallest absolute Gasteiger partial charge is 0.163 e. The average molecular weight is 194 g/mol. The number of halogens is 1. The standard InChI is InChI=1S/C11H11FO2/c12-8-4-7(6-13)9-2-1-3-11(14)10(9)5-8/h4-5,13H,1-3,6H2. The van der Waals surface area contributed by atoms with Gasteiger partial charge in [0.25, 0.3) is 0 Å². The van der Waals surface area contributed by atoms with Gasteiger partial charge < -0.3 is 5.11 Å². The Morgan fingerprint density at radius 2 is 2.14 bits per heavy atom. The summed E-state index contributed by atoms with van der Waals surface area (Å²) in [6.45, 7) is -0.201. The van der Waals surface area contributed by atoms with Crippen molar-refractivity contribution in [2.45, 2.75) is 25.9 Å². The predicted octanol–water partition coefficient (Wildman–Crippen LogP) is 1.84. The number of carbonyl (C=O) groups is 1. The second-order valence-corrected chi connectivity index (χ2v) is 3.53. The molecule has 0 aromatic heterocycles. The van der Waals surface area contributed by atoms with Crippen molar-refractivity contribution in [3.05, 3.63) is 34.6 Å². The van der Waals surface area contributed by atoms with Crippen LogP contribution in [-0.4, -0.2) is 10.9 Å². The van der Waals surface area contributed by atoms with Crippen LogP contribution in [0.5, 0.6) is 0 Å². The van der Waals surface area contributed by atoms with E-state index in [1.165, 1.54) is 12.1 Å². The number of aliphatic hydroxyl groups is 1. The van der Waals surface area contributed by atoms with Crippen molar-refractivity contribution < 1.29 is 14.3 Å². The van der Waals surface area contributed by atoms with E-state index in [0.717, 1.165) is 18.4 Å². The Kier molecular flexibility index (Phi) is 2.33. The minimum absolute atomic E-state index is 0.0135. The van der Waals surface area contributed by atoms with Gasteiger partial charge >= 0.3 is 0 Å². The lowest BCUT2D eigenvalue weighted by molar-refractivity contribution is 0.0971. The first-order valence-corrected chi connectivity index (χ1v) is 4.67. The molecule has 0 unspecified atom stereocenters. The van der Waals surface area contributed by atoms with Crippen LogP contribution in [-0.2, 0) is 13.0 Å². The van der Waals surface area contributed by atoms with Gasteiger partial charge in [0.15, 0.2) is 5.78 Å². The van der Waals surface area contributed by atoms with Crippen LogP contribution in [0.25, 0.3) is 0 Å². The van der Waals surface area contributed by atoms with Crippen LogP contribution < -0.4 is 0 Å². The van der Waals surface area contributed by atoms with E-state index in [9.17, 15) is 9.18 Å². The zero-order valence-electron chi connectivity index (χ0n) is 7.72. The first-order chi connectivity index (χ1) is 6.72. The number of ketones is 1. The number of aliphatic hydroxyl groups excluding tert-OH is 1. The van der Waals surface area contributed by atoms with Crippen molar-refractivity contribution in [1.82, 2.24) is 0 Å². The molecule has 0 saturated carbocycles. The molecular weight excluding hydrogens is 183 g/mol. The summed E-state index contributed by atoms with van der Waals surface area (Å²) in [5.41, 5.74) is 1.83. The molecule has 1 aromatic rings. The quantitative estimate of drug-likeness (QED) is 0.740. The van der Waals surface area contributed by atoms with Gasteiger partial charge in [-0.2, -0.15) is 0 Å². The Balaban J connectivity index is 2.60. The number of fused-ring (bicyclic) bond motifs is 1. The fraction of sp³-hybridized carbons (Fsp3) is 0.364. The molecular formula is C11H11FO2. The van der Waals surface area contributed by atoms with Gasteiger partial charge in [0.1, 0.15) is 5.82 Å². The van der Waals surface area contributed by atoms with Crippen LogP contribution in [0.1, 0.15) is 34.3 Å². The number of hydrogen-bond donors (Lipinski definition) is 1. The molecule has 0 bridgehead atoms. The van der Waals surface area contributed by atoms with E-state index < -0.39 is 5.82 Å². The molecule has 74 valence electrons. The number of rotatable bonds is 1. The molecule has 0 saturated heterocycles. The van der Waals surface area contributed by atoms with E-state index in [1.807, 2.05) is 0 Å². The third kappa shape index (κ3) is 1.44. The van der Waals surface area contributed by atoms with E-state index >= 15 is 0 Å². The number of Topliss-reactive ketones (excluding diaryl/α,β-unsaturated/α-hetero) is 1. The Bertz CT molecular complexity index is 385. The van der Waals surface area contributed by atoms with E-state index in [-0.39, 0.29) is 12.4 Å². The maximum absolute atomic E-state index is 13.1. The van der Waals surface area contributed by atoms with Gasteiger partial charge in [0.2, 0.25) is 0 Å². The highest BCUT2D eigenvalue weighted by molar-refractivity contribution is 5.98. The summed E-state index contributed by atoms with van der Waals surface area (Å²) >= 11 is 0. The molecule has 1 aliphatic carbocycles. The van der Waals surface area contributed by atoms with E-state index in [2.05, 4.69) is 0 Å². The molecule has 0 amide bonds. The van der Waals surface area contributed by atoms with Crippen molar-refractivity contribution in [3.63, 3.8) is 0 Å². The minimum Gasteiger partial charge on any atom is -0.392 e. The van der Waals surface area contributed by atoms with Crippen LogP contribution in [0.2, 0.25) is 0 Å². The molecule has 14 heavy (non-hydrogen) atoms. The first-order valence-electron chi connectivity index (χ1n) is 4.67. The lowest BCUT2D eigenvalue weighted by atomic mass is 9.87. The SMILES string of the molecule is O=C1CCCc2c(CO)cc(F)cc21. The van der Waals surface area contributed by atoms with Crippen molar-refractivity contribution in [3.8, 4) is 0 Å². The Morgan fingerprint density at radius 3 is 2.86 bits per heavy atom. The molecule has 2 nitrogen and oxygen atoms in total. The molecule has 0 heterocycles. The molecule has 3 heteroatoms. The van der Waals surface area contributed by atoms with E-state index in [1.54, 1.807) is 0 Å². The van der Waals surface area contributed by atoms with Gasteiger partial charge in [-0.25, -0.2) is 4.39 Å². The molecule has 0 fully saturated rings. The topological polar surface area (TPSA) is 37.3 Å². The van der Waals surface area contributed by atoms with Gasteiger partial charge in [-0.15, -0.1) is 0 Å². The zero-order valence-corrected chi connectivity index (χ0v) is 7.72. The minimum atomic E-state index is -0.442. The molecule has 1 N–H and O–H groups in total. The highest BCUT2D eigenvalue weighted by Crippen LogP contribution is 2.25. The summed E-state index contributed by atoms with van der Waals surface area (Å²) in [7, 11) is 0. The summed E-state index contributed by atoms with van der Waals surface area (Å²) < 4.78 is 13.1. The highest BCUT2D eigenvalue weighted by Gasteiger charge is 2.20. The van der Waals surface area contributed by atoms with Gasteiger partial charge in [-0.05, 0) is 36.1 Å². The molecule has 2 rings (SSSR count). The van der Waals surface area contributed by atoms with Gasteiger partial charge in [0.05, 0.1) is 6.61 Å². The third-order valence-electron chi connectivity index (χ3n) is 2.61. The van der Waals surface area contributed by atoms with Gasteiger partial charge in [0, 0.05) is 12.0 Å². The maximum Gasteiger partial charge on any atom is 0.163 e. The Hall–Kier alpha value is -1.22. The summed E-state index contributed by atoms with van der Waals surface area (Å²) in [5.74, 6) is -0.455. The molecule has 0 atom stereocenters. The first kappa shape index (κ1) is 9.34. The lowest BCUT2D eigenvalue weighted by Crippen LogP contribution is -2.13. The van der Waals surface area contributed by atoms with Gasteiger partial charge in [-0.1, -0.05) is 0 Å². The predicted molar refractivity (Wildman–Crippen MR) is 49.6 cm³/mol. The highest BCUT2D eigenvalue weighted by atomic mass is 19.1. The van der Waals surface area contributed by atoms with E-state index in [0.29, 0.717) is 17.5 Å². The van der Waals surface area contributed by atoms with Crippen LogP contribution >= 0.6 is 0 Å². The number of benzene rings is 1. The fourth-order valence-corrected chi connectivity index (χ4v) is 1.94. The van der Waals surface area contributed by atoms with Gasteiger partial charge in [-0.3, -0.25) is 4.79 Å². The summed E-state index contributed by atoms with van der Waals surface area (Å²) in [6, 6.07) is 2.58. The molecule has 0 radical (unpaired) electrons. The Morgan fingerprint density at radius 1 is 1.36 bits per heavy atom. The molecule has 0 spiro atoms. The molecule has 1 aliphatic rings. The largest absolute Gasteiger partial charge is 0.392 e. The lowest BCUT2D eigenvalue weighted by Gasteiger charge is -2.17. The second-order valence-electron chi connectivity index (χ2n) is 3.53. The van der Waals surface area contributed by atoms with Crippen molar-refractivity contribution in [1.29, 1.82) is 0 Å². The molecule has 1 aromatic carbocycles. The fourth-order valence-electron chi connectivity index (χ4n) is 1.94. The third-order valence-corrected chi connectivity index (χ3v) is 2.61. The van der Waals surface area contributed by atoms with Crippen LogP contribution in [0.4, 0.5) is 4.39 Å².